The Morgan fingerprint density at radius 2 is 2.05 bits per heavy atom. The molecule has 1 heterocycles. The van der Waals surface area contributed by atoms with Crippen molar-refractivity contribution in [1.82, 2.24) is 4.98 Å². The molecular weight excluding hydrogens is 275 g/mol. The molecule has 1 aromatic rings. The number of carbonyl (C=O) groups excluding carboxylic acids is 1. The summed E-state index contributed by atoms with van der Waals surface area (Å²) in [6.45, 7) is 0. The number of carbonyl (C=O) groups is 1. The van der Waals surface area contributed by atoms with Gasteiger partial charge in [-0.05, 0) is 5.56 Å². The number of hydrogen-bond donors (Lipinski definition) is 1. The molecule has 106 valence electrons. The van der Waals surface area contributed by atoms with E-state index in [2.05, 4.69) is 9.72 Å². The van der Waals surface area contributed by atoms with E-state index in [-0.39, 0.29) is 0 Å². The van der Waals surface area contributed by atoms with E-state index in [4.69, 9.17) is 5.73 Å². The van der Waals surface area contributed by atoms with Gasteiger partial charge in [-0.25, -0.2) is 13.8 Å². The first-order chi connectivity index (χ1) is 8.68. The number of anilines is 1. The fourth-order valence-electron chi connectivity index (χ4n) is 1.50. The summed E-state index contributed by atoms with van der Waals surface area (Å²) in [4.78, 5) is 14.2. The van der Waals surface area contributed by atoms with Gasteiger partial charge >= 0.3 is 12.1 Å². The summed E-state index contributed by atoms with van der Waals surface area (Å²) < 4.78 is 68.0. The molecule has 0 aliphatic carbocycles. The highest BCUT2D eigenvalue weighted by atomic mass is 19.4. The smallest absolute Gasteiger partial charge is 0.420 e. The average molecular weight is 284 g/mol. The van der Waals surface area contributed by atoms with Crippen molar-refractivity contribution < 1.29 is 31.5 Å². The van der Waals surface area contributed by atoms with Gasteiger partial charge in [0.15, 0.2) is 0 Å². The number of pyridine rings is 1. The Hall–Kier alpha value is -1.93. The molecule has 0 aromatic carbocycles. The molecular formula is C10H9F5N2O2. The first-order valence-corrected chi connectivity index (χ1v) is 4.87. The van der Waals surface area contributed by atoms with Gasteiger partial charge in [0.1, 0.15) is 11.4 Å². The number of methoxy groups -OCH3 is 1. The normalized spacial score (nSPS) is 11.7. The molecule has 0 saturated heterocycles. The first kappa shape index (κ1) is 15.1. The van der Waals surface area contributed by atoms with Gasteiger partial charge in [-0.1, -0.05) is 0 Å². The maximum Gasteiger partial charge on any atom is 0.420 e. The van der Waals surface area contributed by atoms with Crippen molar-refractivity contribution in [3.63, 3.8) is 0 Å². The van der Waals surface area contributed by atoms with Crippen molar-refractivity contribution in [3.8, 4) is 0 Å². The summed E-state index contributed by atoms with van der Waals surface area (Å²) in [5, 5.41) is 0. The van der Waals surface area contributed by atoms with E-state index >= 15 is 0 Å². The van der Waals surface area contributed by atoms with Crippen LogP contribution in [0, 0.1) is 0 Å². The van der Waals surface area contributed by atoms with Crippen LogP contribution in [0.1, 0.15) is 23.1 Å². The average Bonchev–Trinajstić information content (AvgIpc) is 2.28. The molecule has 2 N–H and O–H groups in total. The van der Waals surface area contributed by atoms with Crippen molar-refractivity contribution in [1.29, 1.82) is 0 Å². The Morgan fingerprint density at radius 1 is 1.47 bits per heavy atom. The predicted octanol–water partition coefficient (Wildman–Crippen LogP) is 2.34. The lowest BCUT2D eigenvalue weighted by molar-refractivity contribution is -0.141. The van der Waals surface area contributed by atoms with Crippen LogP contribution in [0.15, 0.2) is 6.20 Å². The molecule has 0 bridgehead atoms. The van der Waals surface area contributed by atoms with E-state index in [1.165, 1.54) is 0 Å². The minimum Gasteiger partial charge on any atom is -0.469 e. The molecule has 0 spiro atoms. The Bertz CT molecular complexity index is 488. The van der Waals surface area contributed by atoms with Gasteiger partial charge in [0.2, 0.25) is 0 Å². The highest BCUT2D eigenvalue weighted by Crippen LogP contribution is 2.40. The van der Waals surface area contributed by atoms with Crippen LogP contribution in [0.4, 0.5) is 27.8 Å². The molecule has 4 nitrogen and oxygen atoms in total. The van der Waals surface area contributed by atoms with Crippen LogP contribution >= 0.6 is 0 Å². The first-order valence-electron chi connectivity index (χ1n) is 4.87. The molecule has 0 unspecified atom stereocenters. The summed E-state index contributed by atoms with van der Waals surface area (Å²) in [6.07, 6.45) is -8.56. The van der Waals surface area contributed by atoms with Crippen molar-refractivity contribution >= 4 is 11.8 Å². The third-order valence-electron chi connectivity index (χ3n) is 2.30. The highest BCUT2D eigenvalue weighted by Gasteiger charge is 2.40. The lowest BCUT2D eigenvalue weighted by Gasteiger charge is -2.17. The maximum absolute atomic E-state index is 12.8. The molecule has 0 aliphatic rings. The molecule has 0 fully saturated rings. The molecule has 0 aliphatic heterocycles. The number of rotatable bonds is 3. The number of alkyl halides is 5. The van der Waals surface area contributed by atoms with Crippen molar-refractivity contribution in [2.45, 2.75) is 19.0 Å². The van der Waals surface area contributed by atoms with E-state index in [1.807, 2.05) is 0 Å². The molecule has 19 heavy (non-hydrogen) atoms. The molecule has 0 atom stereocenters. The van der Waals surface area contributed by atoms with Crippen molar-refractivity contribution in [2.24, 2.45) is 0 Å². The standard InChI is InChI=1S/C10H9F5N2O2/c1-19-5(18)2-4-3-17-9(16)7(10(13,14)15)6(4)8(11)12/h3,8H,2H2,1H3,(H2,16,17). The van der Waals surface area contributed by atoms with E-state index in [0.717, 1.165) is 7.11 Å². The monoisotopic (exact) mass is 284 g/mol. The summed E-state index contributed by atoms with van der Waals surface area (Å²) >= 11 is 0. The van der Waals surface area contributed by atoms with Gasteiger partial charge in [0.25, 0.3) is 6.43 Å². The third kappa shape index (κ3) is 3.30. The van der Waals surface area contributed by atoms with Gasteiger partial charge in [0, 0.05) is 11.8 Å². The van der Waals surface area contributed by atoms with Crippen LogP contribution in [0.5, 0.6) is 0 Å². The fraction of sp³-hybridized carbons (Fsp3) is 0.400. The number of aromatic nitrogens is 1. The SMILES string of the molecule is COC(=O)Cc1cnc(N)c(C(F)(F)F)c1C(F)F. The van der Waals surface area contributed by atoms with E-state index in [0.29, 0.717) is 6.20 Å². The number of halogens is 5. The van der Waals surface area contributed by atoms with E-state index < -0.39 is 47.5 Å². The van der Waals surface area contributed by atoms with Crippen LogP contribution in [0.2, 0.25) is 0 Å². The van der Waals surface area contributed by atoms with Crippen LogP contribution in [0.3, 0.4) is 0 Å². The molecule has 0 amide bonds. The lowest BCUT2D eigenvalue weighted by Crippen LogP contribution is -2.18. The molecule has 0 saturated carbocycles. The number of nitrogens with zero attached hydrogens (tertiary/aromatic N) is 1. The molecule has 1 aromatic heterocycles. The van der Waals surface area contributed by atoms with E-state index in [1.54, 1.807) is 0 Å². The van der Waals surface area contributed by atoms with Gasteiger partial charge in [-0.15, -0.1) is 0 Å². The van der Waals surface area contributed by atoms with Gasteiger partial charge in [-0.3, -0.25) is 4.79 Å². The van der Waals surface area contributed by atoms with E-state index in [9.17, 15) is 26.7 Å². The van der Waals surface area contributed by atoms with Crippen molar-refractivity contribution in [3.05, 3.63) is 22.9 Å². The summed E-state index contributed by atoms with van der Waals surface area (Å²) in [6, 6.07) is 0. The minimum absolute atomic E-state index is 0.566. The fourth-order valence-corrected chi connectivity index (χ4v) is 1.50. The molecule has 0 radical (unpaired) electrons. The number of nitrogens with two attached hydrogens (primary N) is 1. The summed E-state index contributed by atoms with van der Waals surface area (Å²) in [7, 11) is 0.986. The molecule has 1 rings (SSSR count). The summed E-state index contributed by atoms with van der Waals surface area (Å²) in [5.74, 6) is -2.02. The number of esters is 1. The van der Waals surface area contributed by atoms with Gasteiger partial charge in [-0.2, -0.15) is 13.2 Å². The Balaban J connectivity index is 3.46. The third-order valence-corrected chi connectivity index (χ3v) is 2.30. The summed E-state index contributed by atoms with van der Waals surface area (Å²) in [5.41, 5.74) is 1.37. The Kier molecular flexibility index (Phi) is 4.28. The van der Waals surface area contributed by atoms with Crippen molar-refractivity contribution in [2.75, 3.05) is 12.8 Å². The van der Waals surface area contributed by atoms with Crippen LogP contribution in [-0.2, 0) is 22.1 Å². The van der Waals surface area contributed by atoms with Crippen LogP contribution in [-0.4, -0.2) is 18.1 Å². The Morgan fingerprint density at radius 3 is 2.47 bits per heavy atom. The number of hydrogen-bond acceptors (Lipinski definition) is 4. The number of ether oxygens (including phenoxy) is 1. The molecule has 9 heteroatoms. The van der Waals surface area contributed by atoms with Gasteiger partial charge < -0.3 is 10.5 Å². The predicted molar refractivity (Wildman–Crippen MR) is 54.3 cm³/mol. The number of nitrogen functional groups attached to an aromatic ring is 1. The second-order valence-electron chi connectivity index (χ2n) is 3.51. The zero-order valence-electron chi connectivity index (χ0n) is 9.59. The quantitative estimate of drug-likeness (QED) is 0.683. The largest absolute Gasteiger partial charge is 0.469 e. The Labute approximate surface area is 104 Å². The lowest BCUT2D eigenvalue weighted by atomic mass is 10.0. The topological polar surface area (TPSA) is 65.2 Å². The second-order valence-corrected chi connectivity index (χ2v) is 3.51. The van der Waals surface area contributed by atoms with Crippen LogP contribution in [0.25, 0.3) is 0 Å². The van der Waals surface area contributed by atoms with Crippen LogP contribution < -0.4 is 5.73 Å². The zero-order chi connectivity index (χ0) is 14.8. The highest BCUT2D eigenvalue weighted by molar-refractivity contribution is 5.73. The second kappa shape index (κ2) is 5.37. The van der Waals surface area contributed by atoms with Gasteiger partial charge in [0.05, 0.1) is 13.5 Å². The zero-order valence-corrected chi connectivity index (χ0v) is 9.59. The minimum atomic E-state index is -5.09. The maximum atomic E-state index is 12.8.